The van der Waals surface area contributed by atoms with Crippen LogP contribution in [0, 0.1) is 5.41 Å². The third-order valence-corrected chi connectivity index (χ3v) is 2.81. The van der Waals surface area contributed by atoms with Gasteiger partial charge in [0.1, 0.15) is 0 Å². The van der Waals surface area contributed by atoms with Crippen molar-refractivity contribution in [1.82, 2.24) is 0 Å². The molecule has 0 atom stereocenters. The first-order valence-electron chi connectivity index (χ1n) is 4.38. The van der Waals surface area contributed by atoms with Gasteiger partial charge in [-0.2, -0.15) is 0 Å². The molecule has 0 aromatic heterocycles. The molecule has 11 heavy (non-hydrogen) atoms. The van der Waals surface area contributed by atoms with E-state index in [1.54, 1.807) is 0 Å². The molecule has 0 heterocycles. The molecule has 0 fully saturated rings. The Morgan fingerprint density at radius 3 is 1.82 bits per heavy atom. The van der Waals surface area contributed by atoms with Gasteiger partial charge in [-0.3, -0.25) is 0 Å². The highest BCUT2D eigenvalue weighted by molar-refractivity contribution is 6.76. The number of hydrogen-bond acceptors (Lipinski definition) is 0. The standard InChI is InChI=1S/C10H22Si/c1-10(2,3)8-7-9-11(4,5)6/h7-8H,9H2,1-6H3/b8-7+. The maximum atomic E-state index is 2.40. The summed E-state index contributed by atoms with van der Waals surface area (Å²) in [4.78, 5) is 0. The van der Waals surface area contributed by atoms with Gasteiger partial charge in [0.2, 0.25) is 0 Å². The van der Waals surface area contributed by atoms with Crippen LogP contribution < -0.4 is 0 Å². The largest absolute Gasteiger partial charge is 0.0907 e. The van der Waals surface area contributed by atoms with Gasteiger partial charge in [0.25, 0.3) is 0 Å². The Morgan fingerprint density at radius 1 is 1.09 bits per heavy atom. The Hall–Kier alpha value is -0.0431. The summed E-state index contributed by atoms with van der Waals surface area (Å²) in [5, 5.41) is 0. The second kappa shape index (κ2) is 3.57. The Morgan fingerprint density at radius 2 is 1.55 bits per heavy atom. The normalized spacial score (nSPS) is 14.4. The van der Waals surface area contributed by atoms with Crippen molar-refractivity contribution in [2.75, 3.05) is 0 Å². The molecule has 0 unspecified atom stereocenters. The smallest absolute Gasteiger partial charge is 0.0480 e. The van der Waals surface area contributed by atoms with E-state index < -0.39 is 8.07 Å². The summed E-state index contributed by atoms with van der Waals surface area (Å²) in [6.07, 6.45) is 4.68. The Labute approximate surface area is 72.7 Å². The van der Waals surface area contributed by atoms with Gasteiger partial charge in [0, 0.05) is 8.07 Å². The first kappa shape index (κ1) is 11.0. The summed E-state index contributed by atoms with van der Waals surface area (Å²) in [6.45, 7) is 13.9. The van der Waals surface area contributed by atoms with E-state index in [2.05, 4.69) is 52.6 Å². The average Bonchev–Trinajstić information content (AvgIpc) is 1.55. The minimum Gasteiger partial charge on any atom is -0.0907 e. The van der Waals surface area contributed by atoms with Crippen LogP contribution in [0.15, 0.2) is 12.2 Å². The minimum absolute atomic E-state index is 0.361. The molecule has 0 saturated heterocycles. The van der Waals surface area contributed by atoms with Crippen LogP contribution in [0.2, 0.25) is 25.7 Å². The summed E-state index contributed by atoms with van der Waals surface area (Å²) in [5.41, 5.74) is 0.361. The molecule has 0 radical (unpaired) electrons. The Kier molecular flexibility index (Phi) is 3.56. The van der Waals surface area contributed by atoms with E-state index >= 15 is 0 Å². The molecule has 0 aromatic rings. The molecule has 0 amide bonds. The maximum Gasteiger partial charge on any atom is 0.0480 e. The molecule has 0 aliphatic heterocycles. The number of hydrogen-bond donors (Lipinski definition) is 0. The highest BCUT2D eigenvalue weighted by Crippen LogP contribution is 2.17. The summed E-state index contributed by atoms with van der Waals surface area (Å²) in [5.74, 6) is 0. The van der Waals surface area contributed by atoms with Gasteiger partial charge in [-0.05, 0) is 11.5 Å². The van der Waals surface area contributed by atoms with Crippen LogP contribution in [0.5, 0.6) is 0 Å². The minimum atomic E-state index is -0.844. The van der Waals surface area contributed by atoms with E-state index in [1.807, 2.05) is 0 Å². The maximum absolute atomic E-state index is 2.40. The highest BCUT2D eigenvalue weighted by Gasteiger charge is 2.10. The van der Waals surface area contributed by atoms with Crippen molar-refractivity contribution in [3.63, 3.8) is 0 Å². The Balaban J connectivity index is 3.80. The van der Waals surface area contributed by atoms with Crippen molar-refractivity contribution in [2.24, 2.45) is 5.41 Å². The predicted octanol–water partition coefficient (Wildman–Crippen LogP) is 3.93. The van der Waals surface area contributed by atoms with Gasteiger partial charge in [0.15, 0.2) is 0 Å². The Bertz CT molecular complexity index is 132. The van der Waals surface area contributed by atoms with Crippen LogP contribution in [-0.4, -0.2) is 8.07 Å². The fourth-order valence-corrected chi connectivity index (χ4v) is 1.59. The highest BCUT2D eigenvalue weighted by atomic mass is 28.3. The van der Waals surface area contributed by atoms with E-state index in [-0.39, 0.29) is 0 Å². The van der Waals surface area contributed by atoms with Gasteiger partial charge in [0.05, 0.1) is 0 Å². The molecular formula is C10H22Si. The van der Waals surface area contributed by atoms with Crippen molar-refractivity contribution in [3.05, 3.63) is 12.2 Å². The second-order valence-electron chi connectivity index (χ2n) is 5.53. The molecule has 1 heteroatoms. The van der Waals surface area contributed by atoms with Gasteiger partial charge in [-0.1, -0.05) is 52.6 Å². The van der Waals surface area contributed by atoms with E-state index in [4.69, 9.17) is 0 Å². The molecule has 0 bridgehead atoms. The topological polar surface area (TPSA) is 0 Å². The van der Waals surface area contributed by atoms with Crippen LogP contribution in [0.4, 0.5) is 0 Å². The van der Waals surface area contributed by atoms with Crippen molar-refractivity contribution in [2.45, 2.75) is 46.5 Å². The van der Waals surface area contributed by atoms with E-state index in [0.29, 0.717) is 5.41 Å². The van der Waals surface area contributed by atoms with Crippen LogP contribution in [-0.2, 0) is 0 Å². The van der Waals surface area contributed by atoms with Gasteiger partial charge in [-0.25, -0.2) is 0 Å². The third-order valence-electron chi connectivity index (χ3n) is 1.35. The molecule has 66 valence electrons. The first-order chi connectivity index (χ1) is 4.71. The molecule has 0 saturated carbocycles. The van der Waals surface area contributed by atoms with E-state index in [9.17, 15) is 0 Å². The lowest BCUT2D eigenvalue weighted by atomic mass is 9.97. The van der Waals surface area contributed by atoms with E-state index in [1.165, 1.54) is 6.04 Å². The fraction of sp³-hybridized carbons (Fsp3) is 0.800. The van der Waals surface area contributed by atoms with Gasteiger partial charge < -0.3 is 0 Å². The molecule has 0 nitrogen and oxygen atoms in total. The number of allylic oxidation sites excluding steroid dienone is 2. The molecule has 0 spiro atoms. The summed E-state index contributed by atoms with van der Waals surface area (Å²) in [7, 11) is -0.844. The molecule has 0 aliphatic carbocycles. The monoisotopic (exact) mass is 170 g/mol. The second-order valence-corrected chi connectivity index (χ2v) is 11.1. The number of rotatable bonds is 2. The van der Waals surface area contributed by atoms with E-state index in [0.717, 1.165) is 0 Å². The summed E-state index contributed by atoms with van der Waals surface area (Å²) >= 11 is 0. The van der Waals surface area contributed by atoms with Crippen LogP contribution in [0.25, 0.3) is 0 Å². The lowest BCUT2D eigenvalue weighted by Gasteiger charge is -2.15. The van der Waals surface area contributed by atoms with Crippen molar-refractivity contribution in [3.8, 4) is 0 Å². The van der Waals surface area contributed by atoms with Crippen LogP contribution >= 0.6 is 0 Å². The zero-order valence-corrected chi connectivity index (χ0v) is 9.86. The lowest BCUT2D eigenvalue weighted by molar-refractivity contribution is 0.543. The van der Waals surface area contributed by atoms with Crippen molar-refractivity contribution < 1.29 is 0 Å². The lowest BCUT2D eigenvalue weighted by Crippen LogP contribution is -2.17. The van der Waals surface area contributed by atoms with Crippen molar-refractivity contribution >= 4 is 8.07 Å². The first-order valence-corrected chi connectivity index (χ1v) is 8.09. The van der Waals surface area contributed by atoms with Crippen LogP contribution in [0.3, 0.4) is 0 Å². The summed E-state index contributed by atoms with van der Waals surface area (Å²) < 4.78 is 0. The predicted molar refractivity (Wildman–Crippen MR) is 56.7 cm³/mol. The summed E-state index contributed by atoms with van der Waals surface area (Å²) in [6, 6.07) is 1.31. The zero-order valence-electron chi connectivity index (χ0n) is 8.86. The van der Waals surface area contributed by atoms with Crippen molar-refractivity contribution in [1.29, 1.82) is 0 Å². The molecule has 0 N–H and O–H groups in total. The molecule has 0 aromatic carbocycles. The average molecular weight is 170 g/mol. The zero-order chi connectivity index (χ0) is 9.12. The third kappa shape index (κ3) is 9.96. The van der Waals surface area contributed by atoms with Gasteiger partial charge >= 0.3 is 0 Å². The van der Waals surface area contributed by atoms with Crippen LogP contribution in [0.1, 0.15) is 20.8 Å². The molecule has 0 aliphatic rings. The quantitative estimate of drug-likeness (QED) is 0.435. The van der Waals surface area contributed by atoms with Gasteiger partial charge in [-0.15, -0.1) is 0 Å². The molecular weight excluding hydrogens is 148 g/mol. The fourth-order valence-electron chi connectivity index (χ4n) is 0.766. The SMILES string of the molecule is CC(C)(C)/C=C/C[Si](C)(C)C. The molecule has 0 rings (SSSR count).